The van der Waals surface area contributed by atoms with Gasteiger partial charge in [0.15, 0.2) is 0 Å². The molecule has 3 heteroatoms. The van der Waals surface area contributed by atoms with Gasteiger partial charge < -0.3 is 9.84 Å². The highest BCUT2D eigenvalue weighted by Gasteiger charge is 2.42. The lowest BCUT2D eigenvalue weighted by Gasteiger charge is -2.42. The lowest BCUT2D eigenvalue weighted by Crippen LogP contribution is -2.42. The first-order valence-electron chi connectivity index (χ1n) is 7.31. The summed E-state index contributed by atoms with van der Waals surface area (Å²) in [4.78, 5) is 4.19. The van der Waals surface area contributed by atoms with Gasteiger partial charge in [0.2, 0.25) is 0 Å². The number of pyridine rings is 1. The predicted octanol–water partition coefficient (Wildman–Crippen LogP) is 3.41. The Morgan fingerprint density at radius 2 is 2.11 bits per heavy atom. The van der Waals surface area contributed by atoms with Crippen molar-refractivity contribution >= 4 is 0 Å². The molecule has 1 fully saturated rings. The van der Waals surface area contributed by atoms with Crippen LogP contribution in [0.5, 0.6) is 0 Å². The van der Waals surface area contributed by atoms with Gasteiger partial charge in [0.1, 0.15) is 6.10 Å². The van der Waals surface area contributed by atoms with Crippen molar-refractivity contribution in [3.05, 3.63) is 29.6 Å². The highest BCUT2D eigenvalue weighted by atomic mass is 16.5. The summed E-state index contributed by atoms with van der Waals surface area (Å²) in [5.74, 6) is 0.733. The van der Waals surface area contributed by atoms with Gasteiger partial charge in [-0.15, -0.1) is 0 Å². The first-order valence-corrected chi connectivity index (χ1v) is 7.31. The van der Waals surface area contributed by atoms with Crippen LogP contribution in [0.1, 0.15) is 56.8 Å². The number of hydrogen-bond donors (Lipinski definition) is 1. The second-order valence-corrected chi connectivity index (χ2v) is 5.88. The normalized spacial score (nSPS) is 29.2. The van der Waals surface area contributed by atoms with E-state index in [9.17, 15) is 5.11 Å². The predicted molar refractivity (Wildman–Crippen MR) is 75.9 cm³/mol. The van der Waals surface area contributed by atoms with Gasteiger partial charge in [0, 0.05) is 24.6 Å². The third-order valence-corrected chi connectivity index (χ3v) is 4.26. The first-order chi connectivity index (χ1) is 9.07. The van der Waals surface area contributed by atoms with E-state index in [1.54, 1.807) is 6.20 Å². The maximum atomic E-state index is 10.8. The van der Waals surface area contributed by atoms with E-state index in [2.05, 4.69) is 11.9 Å². The lowest BCUT2D eigenvalue weighted by molar-refractivity contribution is -0.146. The molecule has 1 atom stereocenters. The average molecular weight is 263 g/mol. The zero-order valence-electron chi connectivity index (χ0n) is 12.2. The molecule has 1 heterocycles. The Morgan fingerprint density at radius 3 is 2.68 bits per heavy atom. The van der Waals surface area contributed by atoms with Crippen LogP contribution >= 0.6 is 0 Å². The zero-order chi connectivity index (χ0) is 13.9. The van der Waals surface area contributed by atoms with E-state index >= 15 is 0 Å². The lowest BCUT2D eigenvalue weighted by atomic mass is 9.74. The van der Waals surface area contributed by atoms with Gasteiger partial charge in [-0.3, -0.25) is 4.98 Å². The van der Waals surface area contributed by atoms with Gasteiger partial charge in [-0.1, -0.05) is 13.0 Å². The zero-order valence-corrected chi connectivity index (χ0v) is 12.2. The summed E-state index contributed by atoms with van der Waals surface area (Å²) in [6.45, 7) is 6.92. The molecule has 0 radical (unpaired) electrons. The van der Waals surface area contributed by atoms with Gasteiger partial charge in [-0.2, -0.15) is 0 Å². The third kappa shape index (κ3) is 3.15. The minimum atomic E-state index is -0.577. The summed E-state index contributed by atoms with van der Waals surface area (Å²) in [5, 5.41) is 10.8. The fraction of sp³-hybridized carbons (Fsp3) is 0.688. The SMILES string of the molecule is CCOC1(C(O)c2cncc(C)c2)CCC(C)CC1. The van der Waals surface area contributed by atoms with Crippen LogP contribution in [0.4, 0.5) is 0 Å². The summed E-state index contributed by atoms with van der Waals surface area (Å²) in [5.41, 5.74) is 1.53. The second kappa shape index (κ2) is 6.02. The fourth-order valence-corrected chi connectivity index (χ4v) is 3.07. The van der Waals surface area contributed by atoms with Crippen molar-refractivity contribution in [1.29, 1.82) is 0 Å². The van der Waals surface area contributed by atoms with Gasteiger partial charge >= 0.3 is 0 Å². The Balaban J connectivity index is 2.23. The van der Waals surface area contributed by atoms with Crippen molar-refractivity contribution in [1.82, 2.24) is 4.98 Å². The van der Waals surface area contributed by atoms with E-state index in [0.717, 1.165) is 42.7 Å². The molecule has 0 bridgehead atoms. The van der Waals surface area contributed by atoms with Crippen molar-refractivity contribution in [2.75, 3.05) is 6.61 Å². The van der Waals surface area contributed by atoms with Crippen LogP contribution in [0, 0.1) is 12.8 Å². The van der Waals surface area contributed by atoms with Gasteiger partial charge in [-0.25, -0.2) is 0 Å². The molecule has 1 saturated carbocycles. The second-order valence-electron chi connectivity index (χ2n) is 5.88. The van der Waals surface area contributed by atoms with Gasteiger partial charge in [0.25, 0.3) is 0 Å². The van der Waals surface area contributed by atoms with E-state index in [0.29, 0.717) is 6.61 Å². The Morgan fingerprint density at radius 1 is 1.42 bits per heavy atom. The molecule has 19 heavy (non-hydrogen) atoms. The molecule has 0 saturated heterocycles. The van der Waals surface area contributed by atoms with Crippen LogP contribution in [0.3, 0.4) is 0 Å². The largest absolute Gasteiger partial charge is 0.385 e. The standard InChI is InChI=1S/C16H25NO2/c1-4-19-16(7-5-12(2)6-8-16)15(18)14-9-13(3)10-17-11-14/h9-12,15,18H,4-8H2,1-3H3. The molecule has 1 aliphatic rings. The molecule has 0 amide bonds. The molecule has 3 nitrogen and oxygen atoms in total. The Hall–Kier alpha value is -0.930. The minimum absolute atomic E-state index is 0.420. The van der Waals surface area contributed by atoms with Crippen molar-refractivity contribution in [3.63, 3.8) is 0 Å². The summed E-state index contributed by atoms with van der Waals surface area (Å²) >= 11 is 0. The smallest absolute Gasteiger partial charge is 0.109 e. The van der Waals surface area contributed by atoms with Crippen LogP contribution in [-0.4, -0.2) is 22.3 Å². The summed E-state index contributed by atoms with van der Waals surface area (Å²) < 4.78 is 6.00. The Bertz CT molecular complexity index is 411. The van der Waals surface area contributed by atoms with Gasteiger partial charge in [-0.05, 0) is 51.0 Å². The molecule has 1 aromatic heterocycles. The number of aliphatic hydroxyl groups is 1. The van der Waals surface area contributed by atoms with E-state index in [1.165, 1.54) is 0 Å². The number of aryl methyl sites for hydroxylation is 1. The monoisotopic (exact) mass is 263 g/mol. The highest BCUT2D eigenvalue weighted by Crippen LogP contribution is 2.43. The number of rotatable bonds is 4. The molecule has 0 spiro atoms. The van der Waals surface area contributed by atoms with Crippen LogP contribution < -0.4 is 0 Å². The molecule has 0 aliphatic heterocycles. The molecular formula is C16H25NO2. The van der Waals surface area contributed by atoms with Crippen molar-refractivity contribution in [3.8, 4) is 0 Å². The fourth-order valence-electron chi connectivity index (χ4n) is 3.07. The maximum absolute atomic E-state index is 10.8. The molecule has 106 valence electrons. The van der Waals surface area contributed by atoms with E-state index in [-0.39, 0.29) is 0 Å². The number of hydrogen-bond acceptors (Lipinski definition) is 3. The summed E-state index contributed by atoms with van der Waals surface area (Å²) in [7, 11) is 0. The number of nitrogens with zero attached hydrogens (tertiary/aromatic N) is 1. The van der Waals surface area contributed by atoms with Gasteiger partial charge in [0.05, 0.1) is 5.60 Å². The molecule has 1 aliphatic carbocycles. The molecule has 1 N–H and O–H groups in total. The van der Waals surface area contributed by atoms with Crippen LogP contribution in [0.25, 0.3) is 0 Å². The summed E-state index contributed by atoms with van der Waals surface area (Å²) in [6, 6.07) is 2.01. The molecule has 1 aromatic rings. The first kappa shape index (κ1) is 14.5. The summed E-state index contributed by atoms with van der Waals surface area (Å²) in [6.07, 6.45) is 7.09. The van der Waals surface area contributed by atoms with Crippen molar-refractivity contribution in [2.45, 2.75) is 58.2 Å². The highest BCUT2D eigenvalue weighted by molar-refractivity contribution is 5.22. The Kier molecular flexibility index (Phi) is 4.58. The average Bonchev–Trinajstić information content (AvgIpc) is 2.41. The maximum Gasteiger partial charge on any atom is 0.109 e. The number of aromatic nitrogens is 1. The molecule has 1 unspecified atom stereocenters. The number of ether oxygens (including phenoxy) is 1. The quantitative estimate of drug-likeness (QED) is 0.905. The minimum Gasteiger partial charge on any atom is -0.385 e. The van der Waals surface area contributed by atoms with Crippen LogP contribution in [0.15, 0.2) is 18.5 Å². The Labute approximate surface area is 116 Å². The van der Waals surface area contributed by atoms with Crippen LogP contribution in [-0.2, 0) is 4.74 Å². The molecule has 2 rings (SSSR count). The molecule has 0 aromatic carbocycles. The van der Waals surface area contributed by atoms with E-state index < -0.39 is 11.7 Å². The van der Waals surface area contributed by atoms with Crippen molar-refractivity contribution in [2.24, 2.45) is 5.92 Å². The number of aliphatic hydroxyl groups excluding tert-OH is 1. The van der Waals surface area contributed by atoms with Crippen LogP contribution in [0.2, 0.25) is 0 Å². The van der Waals surface area contributed by atoms with Crippen molar-refractivity contribution < 1.29 is 9.84 Å². The van der Waals surface area contributed by atoms with E-state index in [1.807, 2.05) is 26.1 Å². The third-order valence-electron chi connectivity index (χ3n) is 4.26. The molecular weight excluding hydrogens is 238 g/mol. The van der Waals surface area contributed by atoms with E-state index in [4.69, 9.17) is 4.74 Å². The topological polar surface area (TPSA) is 42.4 Å².